The summed E-state index contributed by atoms with van der Waals surface area (Å²) in [6.07, 6.45) is 5.13. The second kappa shape index (κ2) is 5.14. The maximum atomic E-state index is 10.6. The molecule has 0 aromatic carbocycles. The number of esters is 1. The average Bonchev–Trinajstić information content (AvgIpc) is 2.57. The fraction of sp³-hybridized carbons (Fsp3) is 0.889. The molecule has 0 atom stereocenters. The van der Waals surface area contributed by atoms with E-state index >= 15 is 0 Å². The number of ether oxygens (including phenoxy) is 2. The smallest absolute Gasteiger partial charge is 0.331 e. The summed E-state index contributed by atoms with van der Waals surface area (Å²) in [6.45, 7) is 0.822. The summed E-state index contributed by atoms with van der Waals surface area (Å²) < 4.78 is 9.65. The Morgan fingerprint density at radius 3 is 2.67 bits per heavy atom. The Bertz CT molecular complexity index is 139. The minimum atomic E-state index is -0.284. The van der Waals surface area contributed by atoms with Gasteiger partial charge in [-0.25, -0.2) is 4.79 Å². The molecule has 1 aliphatic carbocycles. The minimum absolute atomic E-state index is 0.104. The lowest BCUT2D eigenvalue weighted by molar-refractivity contribution is -0.146. The lowest BCUT2D eigenvalue weighted by Crippen LogP contribution is -2.14. The number of carbonyl (C=O) groups is 1. The van der Waals surface area contributed by atoms with Gasteiger partial charge in [0.2, 0.25) is 0 Å². The lowest BCUT2D eigenvalue weighted by Gasteiger charge is -2.08. The van der Waals surface area contributed by atoms with Gasteiger partial charge >= 0.3 is 5.97 Å². The number of rotatable bonds is 4. The van der Waals surface area contributed by atoms with Crippen LogP contribution in [0, 0.1) is 5.92 Å². The molecule has 0 bridgehead atoms. The van der Waals surface area contributed by atoms with E-state index in [0.29, 0.717) is 5.92 Å². The zero-order valence-electron chi connectivity index (χ0n) is 7.54. The highest BCUT2D eigenvalue weighted by atomic mass is 16.6. The van der Waals surface area contributed by atoms with E-state index in [1.54, 1.807) is 0 Å². The number of hydrogen-bond donors (Lipinski definition) is 0. The second-order valence-electron chi connectivity index (χ2n) is 3.24. The van der Waals surface area contributed by atoms with E-state index in [4.69, 9.17) is 4.74 Å². The Morgan fingerprint density at radius 1 is 1.42 bits per heavy atom. The van der Waals surface area contributed by atoms with Gasteiger partial charge in [0.1, 0.15) is 6.61 Å². The summed E-state index contributed by atoms with van der Waals surface area (Å²) in [5.74, 6) is 0.391. The van der Waals surface area contributed by atoms with Crippen LogP contribution in [0.2, 0.25) is 0 Å². The first-order valence-electron chi connectivity index (χ1n) is 4.47. The summed E-state index contributed by atoms with van der Waals surface area (Å²) in [5, 5.41) is 0. The van der Waals surface area contributed by atoms with Gasteiger partial charge in [0.25, 0.3) is 0 Å². The maximum Gasteiger partial charge on any atom is 0.331 e. The predicted octanol–water partition coefficient (Wildman–Crippen LogP) is 1.37. The van der Waals surface area contributed by atoms with Gasteiger partial charge < -0.3 is 9.47 Å². The van der Waals surface area contributed by atoms with Crippen molar-refractivity contribution in [3.05, 3.63) is 0 Å². The van der Waals surface area contributed by atoms with Crippen molar-refractivity contribution < 1.29 is 14.3 Å². The molecule has 0 saturated heterocycles. The Kier molecular flexibility index (Phi) is 4.08. The van der Waals surface area contributed by atoms with Gasteiger partial charge in [0, 0.05) is 0 Å². The first-order chi connectivity index (χ1) is 5.83. The van der Waals surface area contributed by atoms with Crippen LogP contribution in [0.3, 0.4) is 0 Å². The third-order valence-corrected chi connectivity index (χ3v) is 2.28. The van der Waals surface area contributed by atoms with Crippen LogP contribution in [-0.2, 0) is 14.3 Å². The third kappa shape index (κ3) is 3.22. The number of methoxy groups -OCH3 is 1. The van der Waals surface area contributed by atoms with Crippen molar-refractivity contribution in [2.45, 2.75) is 25.7 Å². The second-order valence-corrected chi connectivity index (χ2v) is 3.24. The Hall–Kier alpha value is -0.570. The van der Waals surface area contributed by atoms with Crippen molar-refractivity contribution in [2.75, 3.05) is 20.3 Å². The van der Waals surface area contributed by atoms with Crippen molar-refractivity contribution in [2.24, 2.45) is 5.92 Å². The molecule has 1 fully saturated rings. The molecular weight excluding hydrogens is 156 g/mol. The van der Waals surface area contributed by atoms with Crippen LogP contribution < -0.4 is 0 Å². The molecule has 1 rings (SSSR count). The van der Waals surface area contributed by atoms with Crippen LogP contribution in [0.4, 0.5) is 0 Å². The van der Waals surface area contributed by atoms with E-state index in [-0.39, 0.29) is 12.6 Å². The third-order valence-electron chi connectivity index (χ3n) is 2.28. The molecule has 1 saturated carbocycles. The van der Waals surface area contributed by atoms with Gasteiger partial charge in [-0.15, -0.1) is 0 Å². The highest BCUT2D eigenvalue weighted by Gasteiger charge is 2.15. The monoisotopic (exact) mass is 172 g/mol. The molecule has 0 heterocycles. The molecule has 0 N–H and O–H groups in total. The van der Waals surface area contributed by atoms with E-state index in [9.17, 15) is 4.79 Å². The van der Waals surface area contributed by atoms with Crippen LogP contribution in [0.1, 0.15) is 25.7 Å². The molecule has 0 aromatic heterocycles. The van der Waals surface area contributed by atoms with Gasteiger partial charge in [-0.1, -0.05) is 12.8 Å². The van der Waals surface area contributed by atoms with E-state index in [2.05, 4.69) is 4.74 Å². The topological polar surface area (TPSA) is 35.5 Å². The largest absolute Gasteiger partial charge is 0.467 e. The molecule has 0 aliphatic heterocycles. The SMILES string of the molecule is COC(=O)COCC1CCCC1. The van der Waals surface area contributed by atoms with E-state index < -0.39 is 0 Å². The molecule has 1 aliphatic rings. The Labute approximate surface area is 73.0 Å². The van der Waals surface area contributed by atoms with Crippen molar-refractivity contribution >= 4 is 5.97 Å². The summed E-state index contributed by atoms with van der Waals surface area (Å²) in [5.41, 5.74) is 0. The van der Waals surface area contributed by atoms with Crippen LogP contribution in [-0.4, -0.2) is 26.3 Å². The van der Waals surface area contributed by atoms with Gasteiger partial charge in [-0.05, 0) is 18.8 Å². The van der Waals surface area contributed by atoms with Crippen molar-refractivity contribution in [1.29, 1.82) is 0 Å². The quantitative estimate of drug-likeness (QED) is 0.601. The van der Waals surface area contributed by atoms with Crippen LogP contribution in [0.5, 0.6) is 0 Å². The predicted molar refractivity (Wildman–Crippen MR) is 44.8 cm³/mol. The van der Waals surface area contributed by atoms with Gasteiger partial charge in [0.15, 0.2) is 0 Å². The number of hydrogen-bond acceptors (Lipinski definition) is 3. The lowest BCUT2D eigenvalue weighted by atomic mass is 10.1. The normalized spacial score (nSPS) is 18.1. The molecule has 0 unspecified atom stereocenters. The molecule has 0 radical (unpaired) electrons. The molecule has 0 spiro atoms. The standard InChI is InChI=1S/C9H16O3/c1-11-9(10)7-12-6-8-4-2-3-5-8/h8H,2-7H2,1H3. The zero-order valence-corrected chi connectivity index (χ0v) is 7.54. The van der Waals surface area contributed by atoms with Gasteiger partial charge in [-0.3, -0.25) is 0 Å². The van der Waals surface area contributed by atoms with E-state index in [0.717, 1.165) is 6.61 Å². The Morgan fingerprint density at radius 2 is 2.08 bits per heavy atom. The molecular formula is C9H16O3. The summed E-state index contributed by atoms with van der Waals surface area (Å²) >= 11 is 0. The zero-order chi connectivity index (χ0) is 8.81. The molecule has 3 nitrogen and oxygen atoms in total. The average molecular weight is 172 g/mol. The fourth-order valence-corrected chi connectivity index (χ4v) is 1.54. The Balaban J connectivity index is 1.97. The first-order valence-corrected chi connectivity index (χ1v) is 4.47. The van der Waals surface area contributed by atoms with Crippen molar-refractivity contribution in [1.82, 2.24) is 0 Å². The summed E-state index contributed by atoms with van der Waals surface area (Å²) in [6, 6.07) is 0. The minimum Gasteiger partial charge on any atom is -0.467 e. The first kappa shape index (κ1) is 9.52. The van der Waals surface area contributed by atoms with Crippen LogP contribution in [0.25, 0.3) is 0 Å². The molecule has 0 amide bonds. The molecule has 70 valence electrons. The molecule has 3 heteroatoms. The van der Waals surface area contributed by atoms with Crippen LogP contribution >= 0.6 is 0 Å². The van der Waals surface area contributed by atoms with Gasteiger partial charge in [0.05, 0.1) is 13.7 Å². The van der Waals surface area contributed by atoms with Crippen LogP contribution in [0.15, 0.2) is 0 Å². The van der Waals surface area contributed by atoms with Crippen molar-refractivity contribution in [3.63, 3.8) is 0 Å². The number of carbonyl (C=O) groups excluding carboxylic acids is 1. The van der Waals surface area contributed by atoms with E-state index in [1.807, 2.05) is 0 Å². The molecule has 12 heavy (non-hydrogen) atoms. The van der Waals surface area contributed by atoms with Gasteiger partial charge in [-0.2, -0.15) is 0 Å². The van der Waals surface area contributed by atoms with E-state index in [1.165, 1.54) is 32.8 Å². The van der Waals surface area contributed by atoms with Crippen molar-refractivity contribution in [3.8, 4) is 0 Å². The highest BCUT2D eigenvalue weighted by molar-refractivity contribution is 5.70. The fourth-order valence-electron chi connectivity index (χ4n) is 1.54. The summed E-state index contributed by atoms with van der Waals surface area (Å²) in [7, 11) is 1.38. The highest BCUT2D eigenvalue weighted by Crippen LogP contribution is 2.24. The maximum absolute atomic E-state index is 10.6. The molecule has 0 aromatic rings. The summed E-state index contributed by atoms with van der Waals surface area (Å²) in [4.78, 5) is 10.6.